The van der Waals surface area contributed by atoms with Crippen LogP contribution in [0, 0.1) is 5.92 Å². The Labute approximate surface area is 437 Å². The largest absolute Gasteiger partial charge is 0.391 e. The maximum atomic E-state index is 14.4. The Morgan fingerprint density at radius 1 is 0.600 bits per heavy atom. The van der Waals surface area contributed by atoms with E-state index in [4.69, 9.17) is 28.7 Å². The number of aliphatic hydroxyl groups is 2. The Morgan fingerprint density at radius 2 is 1.12 bits per heavy atom. The molecule has 1 saturated heterocycles. The van der Waals surface area contributed by atoms with Gasteiger partial charge in [0.25, 0.3) is 0 Å². The predicted molar refractivity (Wildman–Crippen MR) is 276 cm³/mol. The lowest BCUT2D eigenvalue weighted by Gasteiger charge is -2.28. The third-order valence-corrected chi connectivity index (χ3v) is 12.0. The van der Waals surface area contributed by atoms with Gasteiger partial charge in [-0.3, -0.25) is 47.9 Å². The molecule has 1 aliphatic heterocycles. The Hall–Kier alpha value is -6.36. The smallest absolute Gasteiger partial charge is 0.245 e. The lowest BCUT2D eigenvalue weighted by molar-refractivity contribution is -0.136. The molecule has 22 N–H and O–H groups in total. The second kappa shape index (κ2) is 34.3. The number of aliphatic hydroxyl groups excluding tert-OH is 2. The van der Waals surface area contributed by atoms with Crippen LogP contribution < -0.4 is 81.8 Å². The molecule has 0 aliphatic carbocycles. The number of rotatable bonds is 23. The highest BCUT2D eigenvalue weighted by atomic mass is 16.3. The van der Waals surface area contributed by atoms with Gasteiger partial charge < -0.3 is 92.0 Å². The molecule has 10 amide bonds. The lowest BCUT2D eigenvalue weighted by Crippen LogP contribution is -2.61. The molecule has 0 spiro atoms. The van der Waals surface area contributed by atoms with Gasteiger partial charge in [0.2, 0.25) is 59.1 Å². The minimum Gasteiger partial charge on any atom is -0.391 e. The number of carbonyl (C=O) groups excluding carboxylic acids is 10. The summed E-state index contributed by atoms with van der Waals surface area (Å²) in [4.78, 5) is 139. The van der Waals surface area contributed by atoms with Crippen molar-refractivity contribution < 1.29 is 58.2 Å². The molecule has 0 aromatic heterocycles. The van der Waals surface area contributed by atoms with Gasteiger partial charge in [-0.15, -0.1) is 0 Å². The molecular formula is C48H83N15O12. The zero-order valence-electron chi connectivity index (χ0n) is 43.5. The van der Waals surface area contributed by atoms with Crippen molar-refractivity contribution in [3.8, 4) is 0 Å². The van der Waals surface area contributed by atoms with Crippen molar-refractivity contribution >= 4 is 59.1 Å². The van der Waals surface area contributed by atoms with E-state index in [2.05, 4.69) is 53.2 Å². The fraction of sp³-hybridized carbons (Fsp3) is 0.667. The molecule has 2 rings (SSSR count). The highest BCUT2D eigenvalue weighted by Crippen LogP contribution is 2.11. The summed E-state index contributed by atoms with van der Waals surface area (Å²) in [5.74, 6) is -8.91. The van der Waals surface area contributed by atoms with Gasteiger partial charge in [-0.1, -0.05) is 44.2 Å². The van der Waals surface area contributed by atoms with E-state index in [0.717, 1.165) is 0 Å². The Morgan fingerprint density at radius 3 is 1.65 bits per heavy atom. The van der Waals surface area contributed by atoms with E-state index in [1.54, 1.807) is 44.2 Å². The van der Waals surface area contributed by atoms with Gasteiger partial charge in [0.15, 0.2) is 0 Å². The van der Waals surface area contributed by atoms with Crippen molar-refractivity contribution in [3.05, 3.63) is 35.9 Å². The average molecular weight is 1060 g/mol. The first kappa shape index (κ1) is 64.8. The summed E-state index contributed by atoms with van der Waals surface area (Å²) in [6.45, 7) is 5.46. The van der Waals surface area contributed by atoms with E-state index >= 15 is 0 Å². The second-order valence-electron chi connectivity index (χ2n) is 18.9. The maximum Gasteiger partial charge on any atom is 0.245 e. The number of hydrogen-bond donors (Lipinski definition) is 17. The Kier molecular flexibility index (Phi) is 29.6. The maximum absolute atomic E-state index is 14.4. The van der Waals surface area contributed by atoms with Crippen LogP contribution in [-0.4, -0.2) is 175 Å². The van der Waals surface area contributed by atoms with E-state index in [0.29, 0.717) is 12.0 Å². The van der Waals surface area contributed by atoms with E-state index < -0.39 is 139 Å². The number of nitrogens with one attached hydrogen (secondary N) is 10. The van der Waals surface area contributed by atoms with E-state index in [1.807, 2.05) is 0 Å². The topological polar surface area (TPSA) is 462 Å². The van der Waals surface area contributed by atoms with Gasteiger partial charge >= 0.3 is 0 Å². The Balaban J connectivity index is 2.76. The summed E-state index contributed by atoms with van der Waals surface area (Å²) < 4.78 is 0. The monoisotopic (exact) mass is 1060 g/mol. The predicted octanol–water partition coefficient (Wildman–Crippen LogP) is -6.56. The van der Waals surface area contributed by atoms with Crippen molar-refractivity contribution in [3.63, 3.8) is 0 Å². The molecule has 2 unspecified atom stereocenters. The van der Waals surface area contributed by atoms with Crippen LogP contribution in [0.2, 0.25) is 0 Å². The number of carbonyl (C=O) groups is 10. The summed E-state index contributed by atoms with van der Waals surface area (Å²) >= 11 is 0. The minimum atomic E-state index is -1.66. The van der Waals surface area contributed by atoms with Gasteiger partial charge in [-0.2, -0.15) is 0 Å². The summed E-state index contributed by atoms with van der Waals surface area (Å²) in [6.07, 6.45) is -3.58. The van der Waals surface area contributed by atoms with Crippen LogP contribution in [0.25, 0.3) is 0 Å². The van der Waals surface area contributed by atoms with Crippen molar-refractivity contribution in [1.82, 2.24) is 53.2 Å². The Bertz CT molecular complexity index is 2030. The standard InChI is InChI=1S/C48H83N15O12/c1-26(2)24-35-45(72)57-31(14-20-51)41(68)56-33(16-22-53)44(71)63-38(27(3)64)47(74)54-23-17-34(58-42(69)32(15-21-52)59-48(75)39(28(4)65)62-37(66)13-9-19-50)43(70)55-30(12-8-18-49)40(67)61-36(46(73)60-35)25-29-10-6-5-7-11-29/h5-7,10-11,26-28,30-36,38-39,64-65H,8-9,12-25,49-53H2,1-4H3,(H,54,74)(H,55,70)(H,56,68)(H,57,72)(H,58,69)(H,59,75)(H,60,73)(H,61,67)(H,62,66)(H,63,71)/t27?,28?,30-,31-,32-,33-,34-,35-,36+,38-,39-/m0/s1. The molecule has 27 nitrogen and oxygen atoms in total. The molecule has 422 valence electrons. The van der Waals surface area contributed by atoms with Crippen molar-refractivity contribution in [1.29, 1.82) is 0 Å². The molecule has 1 aliphatic rings. The number of benzene rings is 1. The average Bonchev–Trinajstić information content (AvgIpc) is 3.35. The van der Waals surface area contributed by atoms with Crippen LogP contribution >= 0.6 is 0 Å². The number of nitrogens with two attached hydrogens (primary N) is 5. The van der Waals surface area contributed by atoms with E-state index in [-0.39, 0.29) is 90.0 Å². The van der Waals surface area contributed by atoms with Gasteiger partial charge in [-0.05, 0) is 109 Å². The van der Waals surface area contributed by atoms with Crippen LogP contribution in [0.1, 0.15) is 91.0 Å². The molecule has 75 heavy (non-hydrogen) atoms. The summed E-state index contributed by atoms with van der Waals surface area (Å²) in [6, 6.07) is -4.45. The zero-order valence-corrected chi connectivity index (χ0v) is 43.5. The highest BCUT2D eigenvalue weighted by molar-refractivity contribution is 5.99. The van der Waals surface area contributed by atoms with Crippen molar-refractivity contribution in [2.45, 2.75) is 158 Å². The van der Waals surface area contributed by atoms with Gasteiger partial charge in [0.05, 0.1) is 12.2 Å². The van der Waals surface area contributed by atoms with Crippen molar-refractivity contribution in [2.75, 3.05) is 39.3 Å². The van der Waals surface area contributed by atoms with E-state index in [9.17, 15) is 58.2 Å². The normalized spacial score (nSPS) is 23.6. The van der Waals surface area contributed by atoms with Gasteiger partial charge in [0, 0.05) is 19.4 Å². The first-order chi connectivity index (χ1) is 35.6. The SMILES string of the molecule is CC(C)C[C@@H]1NC(=O)[C@@H](Cc2ccccc2)NC(=O)[C@H](CCCN)NC(=O)[C@@H](NC(=O)[C@H](CCN)NC(=O)[C@@H](NC(=O)CCCN)C(C)O)CCNC(=O)[C@H](C(C)O)NC(=O)[C@H](CCN)NC(=O)[C@H](CCN)NC1=O. The minimum absolute atomic E-state index is 0.0525. The first-order valence-corrected chi connectivity index (χ1v) is 25.5. The van der Waals surface area contributed by atoms with Gasteiger partial charge in [-0.25, -0.2) is 0 Å². The van der Waals surface area contributed by atoms with Crippen LogP contribution in [0.15, 0.2) is 30.3 Å². The van der Waals surface area contributed by atoms with E-state index in [1.165, 1.54) is 13.8 Å². The van der Waals surface area contributed by atoms with Crippen LogP contribution in [0.4, 0.5) is 0 Å². The highest BCUT2D eigenvalue weighted by Gasteiger charge is 2.37. The number of amides is 10. The number of hydrogen-bond acceptors (Lipinski definition) is 17. The third-order valence-electron chi connectivity index (χ3n) is 12.0. The molecule has 11 atom stereocenters. The lowest BCUT2D eigenvalue weighted by atomic mass is 10.00. The molecule has 0 bridgehead atoms. The van der Waals surface area contributed by atoms with Crippen LogP contribution in [-0.2, 0) is 54.4 Å². The molecule has 1 aromatic rings. The molecule has 0 saturated carbocycles. The second-order valence-corrected chi connectivity index (χ2v) is 18.9. The fourth-order valence-electron chi connectivity index (χ4n) is 7.85. The molecule has 1 aromatic carbocycles. The van der Waals surface area contributed by atoms with Crippen LogP contribution in [0.5, 0.6) is 0 Å². The zero-order chi connectivity index (χ0) is 56.2. The fourth-order valence-corrected chi connectivity index (χ4v) is 7.85. The quantitative estimate of drug-likeness (QED) is 0.0484. The molecule has 0 radical (unpaired) electrons. The summed E-state index contributed by atoms with van der Waals surface area (Å²) in [7, 11) is 0. The first-order valence-electron chi connectivity index (χ1n) is 25.5. The third kappa shape index (κ3) is 23.0. The molecular weight excluding hydrogens is 979 g/mol. The van der Waals surface area contributed by atoms with Gasteiger partial charge in [0.1, 0.15) is 54.4 Å². The molecule has 27 heteroatoms. The summed E-state index contributed by atoms with van der Waals surface area (Å²) in [5, 5.41) is 46.7. The molecule has 1 fully saturated rings. The van der Waals surface area contributed by atoms with Crippen LogP contribution in [0.3, 0.4) is 0 Å². The molecule has 1 heterocycles. The van der Waals surface area contributed by atoms with Crippen molar-refractivity contribution in [2.24, 2.45) is 34.6 Å². The summed E-state index contributed by atoms with van der Waals surface area (Å²) in [5.41, 5.74) is 29.4.